The van der Waals surface area contributed by atoms with Gasteiger partial charge in [0.2, 0.25) is 5.91 Å². The predicted octanol–water partition coefficient (Wildman–Crippen LogP) is 2.27. The van der Waals surface area contributed by atoms with E-state index in [-0.39, 0.29) is 5.91 Å². The van der Waals surface area contributed by atoms with Crippen LogP contribution >= 0.6 is 15.9 Å². The molecule has 1 aromatic rings. The minimum atomic E-state index is -0.440. The zero-order valence-corrected chi connectivity index (χ0v) is 11.5. The van der Waals surface area contributed by atoms with Crippen molar-refractivity contribution in [2.75, 3.05) is 6.54 Å². The molecule has 3 nitrogen and oxygen atoms in total. The largest absolute Gasteiger partial charge is 0.391 e. The fourth-order valence-electron chi connectivity index (χ4n) is 1.41. The van der Waals surface area contributed by atoms with Crippen LogP contribution in [0.3, 0.4) is 0 Å². The molecule has 1 rings (SSSR count). The number of nitrogens with one attached hydrogen (secondary N) is 1. The van der Waals surface area contributed by atoms with E-state index in [2.05, 4.69) is 21.2 Å². The van der Waals surface area contributed by atoms with E-state index in [0.717, 1.165) is 10.0 Å². The van der Waals surface area contributed by atoms with Crippen LogP contribution in [0.2, 0.25) is 0 Å². The second-order valence-corrected chi connectivity index (χ2v) is 4.91. The third-order valence-electron chi connectivity index (χ3n) is 2.54. The summed E-state index contributed by atoms with van der Waals surface area (Å²) in [5, 5.41) is 12.0. The highest BCUT2D eigenvalue weighted by Gasteiger charge is 2.05. The highest BCUT2D eigenvalue weighted by Crippen LogP contribution is 2.12. The molecule has 4 heteroatoms. The second kappa shape index (κ2) is 7.45. The fourth-order valence-corrected chi connectivity index (χ4v) is 1.86. The zero-order valence-electron chi connectivity index (χ0n) is 9.95. The lowest BCUT2D eigenvalue weighted by atomic mass is 10.1. The molecule has 0 spiro atoms. The van der Waals surface area contributed by atoms with Gasteiger partial charge in [-0.1, -0.05) is 35.0 Å². The Labute approximate surface area is 110 Å². The maximum absolute atomic E-state index is 11.5. The standard InChI is InChI=1S/C13H18BrNO2/c1-2-12(16)9-15-13(17)7-6-10-4-3-5-11(14)8-10/h3-5,8,12,16H,2,6-7,9H2,1H3,(H,15,17). The average Bonchev–Trinajstić information content (AvgIpc) is 2.33. The van der Waals surface area contributed by atoms with Crippen LogP contribution in [0.5, 0.6) is 0 Å². The number of aryl methyl sites for hydroxylation is 1. The van der Waals surface area contributed by atoms with Gasteiger partial charge in [0, 0.05) is 17.4 Å². The Balaban J connectivity index is 2.28. The third-order valence-corrected chi connectivity index (χ3v) is 3.03. The molecule has 0 fully saturated rings. The van der Waals surface area contributed by atoms with Crippen LogP contribution < -0.4 is 5.32 Å². The first-order chi connectivity index (χ1) is 8.11. The summed E-state index contributed by atoms with van der Waals surface area (Å²) >= 11 is 3.39. The zero-order chi connectivity index (χ0) is 12.7. The second-order valence-electron chi connectivity index (χ2n) is 4.00. The topological polar surface area (TPSA) is 49.3 Å². The van der Waals surface area contributed by atoms with E-state index in [0.29, 0.717) is 25.8 Å². The van der Waals surface area contributed by atoms with E-state index in [4.69, 9.17) is 0 Å². The van der Waals surface area contributed by atoms with Crippen molar-refractivity contribution in [3.63, 3.8) is 0 Å². The van der Waals surface area contributed by atoms with Crippen molar-refractivity contribution in [2.45, 2.75) is 32.3 Å². The Bertz CT molecular complexity index is 368. The van der Waals surface area contributed by atoms with Crippen LogP contribution in [0.1, 0.15) is 25.3 Å². The maximum atomic E-state index is 11.5. The Morgan fingerprint density at radius 3 is 2.94 bits per heavy atom. The normalized spacial score (nSPS) is 12.2. The summed E-state index contributed by atoms with van der Waals surface area (Å²) < 4.78 is 1.02. The smallest absolute Gasteiger partial charge is 0.220 e. The highest BCUT2D eigenvalue weighted by atomic mass is 79.9. The predicted molar refractivity (Wildman–Crippen MR) is 71.8 cm³/mol. The number of aliphatic hydroxyl groups excluding tert-OH is 1. The van der Waals surface area contributed by atoms with Crippen LogP contribution in [0.4, 0.5) is 0 Å². The van der Waals surface area contributed by atoms with Crippen molar-refractivity contribution in [1.29, 1.82) is 0 Å². The first-order valence-corrected chi connectivity index (χ1v) is 6.60. The summed E-state index contributed by atoms with van der Waals surface area (Å²) in [5.74, 6) is -0.0162. The SMILES string of the molecule is CCC(O)CNC(=O)CCc1cccc(Br)c1. The molecule has 0 aliphatic carbocycles. The fraction of sp³-hybridized carbons (Fsp3) is 0.462. The van der Waals surface area contributed by atoms with Gasteiger partial charge in [0.1, 0.15) is 0 Å². The van der Waals surface area contributed by atoms with Gasteiger partial charge in [-0.05, 0) is 30.5 Å². The molecule has 1 amide bonds. The minimum Gasteiger partial charge on any atom is -0.391 e. The quantitative estimate of drug-likeness (QED) is 0.846. The summed E-state index contributed by atoms with van der Waals surface area (Å²) in [4.78, 5) is 11.5. The Morgan fingerprint density at radius 1 is 1.53 bits per heavy atom. The third kappa shape index (κ3) is 5.84. The van der Waals surface area contributed by atoms with Gasteiger partial charge < -0.3 is 10.4 Å². The maximum Gasteiger partial charge on any atom is 0.220 e. The Morgan fingerprint density at radius 2 is 2.29 bits per heavy atom. The molecule has 0 bridgehead atoms. The molecule has 1 unspecified atom stereocenters. The lowest BCUT2D eigenvalue weighted by Gasteiger charge is -2.09. The number of benzene rings is 1. The van der Waals surface area contributed by atoms with E-state index >= 15 is 0 Å². The molecule has 0 aromatic heterocycles. The van der Waals surface area contributed by atoms with Crippen molar-refractivity contribution >= 4 is 21.8 Å². The number of halogens is 1. The van der Waals surface area contributed by atoms with Gasteiger partial charge in [-0.15, -0.1) is 0 Å². The van der Waals surface area contributed by atoms with Crippen molar-refractivity contribution in [2.24, 2.45) is 0 Å². The van der Waals surface area contributed by atoms with Gasteiger partial charge >= 0.3 is 0 Å². The lowest BCUT2D eigenvalue weighted by molar-refractivity contribution is -0.121. The molecule has 0 aliphatic rings. The van der Waals surface area contributed by atoms with E-state index in [1.165, 1.54) is 0 Å². The van der Waals surface area contributed by atoms with Crippen LogP contribution in [0.15, 0.2) is 28.7 Å². The number of hydrogen-bond acceptors (Lipinski definition) is 2. The summed E-state index contributed by atoms with van der Waals surface area (Å²) in [6, 6.07) is 7.92. The molecular weight excluding hydrogens is 282 g/mol. The summed E-state index contributed by atoms with van der Waals surface area (Å²) in [6.45, 7) is 2.23. The number of hydrogen-bond donors (Lipinski definition) is 2. The molecular formula is C13H18BrNO2. The van der Waals surface area contributed by atoms with Gasteiger partial charge in [-0.2, -0.15) is 0 Å². The van der Waals surface area contributed by atoms with Gasteiger partial charge in [-0.3, -0.25) is 4.79 Å². The molecule has 0 radical (unpaired) electrons. The Hall–Kier alpha value is -0.870. The first kappa shape index (κ1) is 14.2. The molecule has 0 saturated heterocycles. The molecule has 0 heterocycles. The van der Waals surface area contributed by atoms with Crippen LogP contribution in [0.25, 0.3) is 0 Å². The Kier molecular flexibility index (Phi) is 6.22. The van der Waals surface area contributed by atoms with Crippen LogP contribution in [0, 0.1) is 0 Å². The molecule has 1 aromatic carbocycles. The van der Waals surface area contributed by atoms with E-state index in [1.807, 2.05) is 31.2 Å². The minimum absolute atomic E-state index is 0.0162. The first-order valence-electron chi connectivity index (χ1n) is 5.81. The average molecular weight is 300 g/mol. The summed E-state index contributed by atoms with van der Waals surface area (Å²) in [5.41, 5.74) is 1.13. The molecule has 0 saturated carbocycles. The van der Waals surface area contributed by atoms with Gasteiger partial charge in [0.05, 0.1) is 6.10 Å². The number of carbonyl (C=O) groups is 1. The van der Waals surface area contributed by atoms with Gasteiger partial charge in [0.25, 0.3) is 0 Å². The molecule has 94 valence electrons. The van der Waals surface area contributed by atoms with Crippen molar-refractivity contribution in [1.82, 2.24) is 5.32 Å². The van der Waals surface area contributed by atoms with Crippen molar-refractivity contribution in [3.8, 4) is 0 Å². The molecule has 2 N–H and O–H groups in total. The number of carbonyl (C=O) groups excluding carboxylic acids is 1. The van der Waals surface area contributed by atoms with E-state index in [9.17, 15) is 9.90 Å². The molecule has 17 heavy (non-hydrogen) atoms. The van der Waals surface area contributed by atoms with Gasteiger partial charge in [0.15, 0.2) is 0 Å². The summed E-state index contributed by atoms with van der Waals surface area (Å²) in [6.07, 6.45) is 1.39. The van der Waals surface area contributed by atoms with Crippen molar-refractivity contribution in [3.05, 3.63) is 34.3 Å². The number of amides is 1. The lowest BCUT2D eigenvalue weighted by Crippen LogP contribution is -2.31. The van der Waals surface area contributed by atoms with Crippen molar-refractivity contribution < 1.29 is 9.90 Å². The van der Waals surface area contributed by atoms with Gasteiger partial charge in [-0.25, -0.2) is 0 Å². The molecule has 0 aliphatic heterocycles. The van der Waals surface area contributed by atoms with Crippen LogP contribution in [-0.2, 0) is 11.2 Å². The number of aliphatic hydroxyl groups is 1. The monoisotopic (exact) mass is 299 g/mol. The number of rotatable bonds is 6. The molecule has 1 atom stereocenters. The highest BCUT2D eigenvalue weighted by molar-refractivity contribution is 9.10. The van der Waals surface area contributed by atoms with E-state index in [1.54, 1.807) is 0 Å². The van der Waals surface area contributed by atoms with E-state index < -0.39 is 6.10 Å². The summed E-state index contributed by atoms with van der Waals surface area (Å²) in [7, 11) is 0. The van der Waals surface area contributed by atoms with Crippen LogP contribution in [-0.4, -0.2) is 23.7 Å².